The zero-order valence-corrected chi connectivity index (χ0v) is 14.8. The topological polar surface area (TPSA) is 38.2 Å². The predicted octanol–water partition coefficient (Wildman–Crippen LogP) is -0.000600. The molecule has 0 aliphatic heterocycles. The first kappa shape index (κ1) is 17.6. The number of pyridine rings is 1. The van der Waals surface area contributed by atoms with E-state index < -0.39 is 0 Å². The highest BCUT2D eigenvalue weighted by Gasteiger charge is 2.11. The summed E-state index contributed by atoms with van der Waals surface area (Å²) in [6.07, 6.45) is 8.23. The summed E-state index contributed by atoms with van der Waals surface area (Å²) in [6.45, 7) is 5.07. The van der Waals surface area contributed by atoms with Crippen LogP contribution in [0, 0.1) is 0 Å². The summed E-state index contributed by atoms with van der Waals surface area (Å²) in [4.78, 5) is 17.3. The van der Waals surface area contributed by atoms with Crippen molar-refractivity contribution < 1.29 is 17.0 Å². The Balaban J connectivity index is 0.00000192. The molecule has 3 aromatic rings. The van der Waals surface area contributed by atoms with E-state index in [0.717, 1.165) is 23.5 Å². The molecule has 0 saturated carbocycles. The summed E-state index contributed by atoms with van der Waals surface area (Å²) >= 11 is 1.48. The number of aromatic nitrogens is 3. The Morgan fingerprint density at radius 2 is 1.96 bits per heavy atom. The lowest BCUT2D eigenvalue weighted by Gasteiger charge is -2.11. The molecule has 0 aliphatic rings. The Hall–Kier alpha value is -1.72. The van der Waals surface area contributed by atoms with E-state index >= 15 is 0 Å². The number of halogens is 1. The van der Waals surface area contributed by atoms with Gasteiger partial charge >= 0.3 is 0 Å². The maximum absolute atomic E-state index is 12.0. The van der Waals surface area contributed by atoms with E-state index in [2.05, 4.69) is 47.9 Å². The van der Waals surface area contributed by atoms with Gasteiger partial charge in [0, 0.05) is 29.8 Å². The van der Waals surface area contributed by atoms with E-state index in [9.17, 15) is 4.79 Å². The minimum absolute atomic E-state index is 0. The molecule has 0 fully saturated rings. The zero-order chi connectivity index (χ0) is 15.5. The highest BCUT2D eigenvalue weighted by molar-refractivity contribution is 7.15. The van der Waals surface area contributed by atoms with Crippen molar-refractivity contribution in [2.75, 3.05) is 0 Å². The van der Waals surface area contributed by atoms with Gasteiger partial charge in [-0.05, 0) is 24.3 Å². The molecule has 0 unspecified atom stereocenters. The lowest BCUT2D eigenvalue weighted by Crippen LogP contribution is -3.00. The van der Waals surface area contributed by atoms with Crippen molar-refractivity contribution in [1.82, 2.24) is 9.38 Å². The van der Waals surface area contributed by atoms with Gasteiger partial charge in [0.15, 0.2) is 23.9 Å². The van der Waals surface area contributed by atoms with Gasteiger partial charge in [-0.3, -0.25) is 9.20 Å². The van der Waals surface area contributed by atoms with Gasteiger partial charge < -0.3 is 12.4 Å². The first-order valence-corrected chi connectivity index (χ1v) is 8.54. The van der Waals surface area contributed by atoms with E-state index in [-0.39, 0.29) is 18.0 Å². The van der Waals surface area contributed by atoms with E-state index in [4.69, 9.17) is 0 Å². The minimum atomic E-state index is -0.0181. The van der Waals surface area contributed by atoms with Crippen LogP contribution in [0.4, 0.5) is 0 Å². The fourth-order valence-electron chi connectivity index (χ4n) is 2.76. The van der Waals surface area contributed by atoms with Gasteiger partial charge in [0.2, 0.25) is 0 Å². The molecular formula is C17H20ClN3OS. The molecule has 0 spiro atoms. The standard InChI is InChI=1S/C17H20N3OS.ClH/c1-3-13(4-2)14-5-7-19(8-6-14)12-15-11-16(21)20-9-10-22-17(20)18-15;/h5-11,13H,3-4,12H2,1-2H3;1H/q+1;/p-1. The summed E-state index contributed by atoms with van der Waals surface area (Å²) in [7, 11) is 0. The second kappa shape index (κ2) is 7.70. The SMILES string of the molecule is CCC(CC)c1cc[n+](Cc2cc(=O)n3ccsc3n2)cc1.[Cl-]. The lowest BCUT2D eigenvalue weighted by atomic mass is 9.95. The van der Waals surface area contributed by atoms with Gasteiger partial charge in [-0.1, -0.05) is 13.8 Å². The monoisotopic (exact) mass is 349 g/mol. The van der Waals surface area contributed by atoms with Gasteiger partial charge in [0.05, 0.1) is 0 Å². The maximum Gasteiger partial charge on any atom is 0.258 e. The van der Waals surface area contributed by atoms with Crippen LogP contribution >= 0.6 is 11.3 Å². The normalized spacial score (nSPS) is 10.9. The van der Waals surface area contributed by atoms with E-state index in [1.54, 1.807) is 16.7 Å². The van der Waals surface area contributed by atoms with Crippen LogP contribution in [-0.4, -0.2) is 9.38 Å². The van der Waals surface area contributed by atoms with Crippen molar-refractivity contribution in [3.63, 3.8) is 0 Å². The first-order valence-electron chi connectivity index (χ1n) is 7.66. The number of fused-ring (bicyclic) bond motifs is 1. The molecular weight excluding hydrogens is 330 g/mol. The maximum atomic E-state index is 12.0. The summed E-state index contributed by atoms with van der Waals surface area (Å²) < 4.78 is 3.65. The van der Waals surface area contributed by atoms with Crippen LogP contribution in [0.1, 0.15) is 43.9 Å². The lowest BCUT2D eigenvalue weighted by molar-refractivity contribution is -0.688. The molecule has 0 bridgehead atoms. The van der Waals surface area contributed by atoms with Gasteiger partial charge in [-0.15, -0.1) is 11.3 Å². The van der Waals surface area contributed by atoms with E-state index in [1.165, 1.54) is 16.9 Å². The van der Waals surface area contributed by atoms with Crippen LogP contribution in [0.15, 0.2) is 47.0 Å². The molecule has 0 radical (unpaired) electrons. The highest BCUT2D eigenvalue weighted by Crippen LogP contribution is 2.21. The summed E-state index contributed by atoms with van der Waals surface area (Å²) in [5, 5.41) is 1.88. The number of thiazole rings is 1. The van der Waals surface area contributed by atoms with Crippen molar-refractivity contribution in [3.05, 3.63) is 63.8 Å². The number of hydrogen-bond acceptors (Lipinski definition) is 3. The molecule has 0 aliphatic carbocycles. The van der Waals surface area contributed by atoms with Gasteiger partial charge in [-0.25, -0.2) is 4.98 Å². The average Bonchev–Trinajstić information content (AvgIpc) is 2.99. The van der Waals surface area contributed by atoms with Crippen LogP contribution in [0.2, 0.25) is 0 Å². The summed E-state index contributed by atoms with van der Waals surface area (Å²) in [6, 6.07) is 5.96. The third kappa shape index (κ3) is 3.79. The minimum Gasteiger partial charge on any atom is -1.00 e. The van der Waals surface area contributed by atoms with Crippen molar-refractivity contribution >= 4 is 16.3 Å². The third-order valence-corrected chi connectivity index (χ3v) is 4.83. The number of nitrogens with zero attached hydrogens (tertiary/aromatic N) is 3. The molecule has 122 valence electrons. The number of hydrogen-bond donors (Lipinski definition) is 0. The van der Waals surface area contributed by atoms with Gasteiger partial charge in [-0.2, -0.15) is 4.57 Å². The zero-order valence-electron chi connectivity index (χ0n) is 13.3. The largest absolute Gasteiger partial charge is 1.00 e. The first-order chi connectivity index (χ1) is 10.7. The van der Waals surface area contributed by atoms with E-state index in [0.29, 0.717) is 12.5 Å². The van der Waals surface area contributed by atoms with Crippen molar-refractivity contribution in [2.45, 2.75) is 39.2 Å². The van der Waals surface area contributed by atoms with Crippen molar-refractivity contribution in [1.29, 1.82) is 0 Å². The second-order valence-electron chi connectivity index (χ2n) is 5.46. The Labute approximate surface area is 145 Å². The molecule has 23 heavy (non-hydrogen) atoms. The Morgan fingerprint density at radius 3 is 2.61 bits per heavy atom. The van der Waals surface area contributed by atoms with Crippen molar-refractivity contribution in [2.24, 2.45) is 0 Å². The summed E-state index contributed by atoms with van der Waals surface area (Å²) in [5.41, 5.74) is 2.16. The Kier molecular flexibility index (Phi) is 5.91. The molecule has 3 aromatic heterocycles. The molecule has 3 rings (SSSR count). The fourth-order valence-corrected chi connectivity index (χ4v) is 3.50. The smallest absolute Gasteiger partial charge is 0.258 e. The quantitative estimate of drug-likeness (QED) is 0.608. The number of rotatable bonds is 5. The molecule has 0 saturated heterocycles. The van der Waals surface area contributed by atoms with Crippen LogP contribution in [0.3, 0.4) is 0 Å². The van der Waals surface area contributed by atoms with Gasteiger partial charge in [0.25, 0.3) is 5.56 Å². The van der Waals surface area contributed by atoms with Crippen LogP contribution in [0.25, 0.3) is 4.96 Å². The highest BCUT2D eigenvalue weighted by atomic mass is 35.5. The van der Waals surface area contributed by atoms with Crippen molar-refractivity contribution in [3.8, 4) is 0 Å². The molecule has 3 heterocycles. The Bertz CT molecular complexity index is 822. The Morgan fingerprint density at radius 1 is 1.26 bits per heavy atom. The molecule has 0 aromatic carbocycles. The van der Waals surface area contributed by atoms with E-state index in [1.807, 2.05) is 5.38 Å². The second-order valence-corrected chi connectivity index (χ2v) is 6.33. The molecule has 0 amide bonds. The summed E-state index contributed by atoms with van der Waals surface area (Å²) in [5.74, 6) is 0.625. The van der Waals surface area contributed by atoms with Crippen LogP contribution in [0.5, 0.6) is 0 Å². The molecule has 4 nitrogen and oxygen atoms in total. The molecule has 6 heteroatoms. The molecule has 0 atom stereocenters. The molecule has 0 N–H and O–H groups in total. The fraction of sp³-hybridized carbons (Fsp3) is 0.353. The average molecular weight is 350 g/mol. The van der Waals surface area contributed by atoms with Crippen LogP contribution < -0.4 is 22.5 Å². The van der Waals surface area contributed by atoms with Crippen LogP contribution in [-0.2, 0) is 6.54 Å². The predicted molar refractivity (Wildman–Crippen MR) is 88.4 cm³/mol. The van der Waals surface area contributed by atoms with Gasteiger partial charge in [0.1, 0.15) is 5.69 Å². The third-order valence-electron chi connectivity index (χ3n) is 4.07.